The van der Waals surface area contributed by atoms with E-state index in [-0.39, 0.29) is 5.04 Å². The molecule has 0 saturated carbocycles. The summed E-state index contributed by atoms with van der Waals surface area (Å²) in [6.45, 7) is 11.7. The Morgan fingerprint density at radius 3 is 1.91 bits per heavy atom. The van der Waals surface area contributed by atoms with Crippen LogP contribution in [0.15, 0.2) is 97.1 Å². The lowest BCUT2D eigenvalue weighted by molar-refractivity contribution is -0.118. The van der Waals surface area contributed by atoms with E-state index in [1.54, 1.807) is 7.11 Å². The molecule has 0 amide bonds. The third-order valence-electron chi connectivity index (χ3n) is 6.17. The van der Waals surface area contributed by atoms with Crippen molar-refractivity contribution in [2.24, 2.45) is 0 Å². The maximum atomic E-state index is 11.7. The van der Waals surface area contributed by atoms with Crippen molar-refractivity contribution < 1.29 is 18.7 Å². The van der Waals surface area contributed by atoms with Gasteiger partial charge in [-0.05, 0) is 33.1 Å². The second-order valence-electron chi connectivity index (χ2n) is 9.74. The van der Waals surface area contributed by atoms with Gasteiger partial charge in [0.25, 0.3) is 8.32 Å². The normalized spacial score (nSPS) is 12.7. The second-order valence-corrected chi connectivity index (χ2v) is 14.0. The summed E-state index contributed by atoms with van der Waals surface area (Å²) in [5, 5.41) is 2.31. The number of hydrogen-bond acceptors (Lipinski definition) is 4. The number of rotatable bonds is 12. The highest BCUT2D eigenvalue weighted by molar-refractivity contribution is 6.99. The van der Waals surface area contributed by atoms with Crippen LogP contribution in [0.2, 0.25) is 5.04 Å². The fraction of sp³-hybridized carbons (Fsp3) is 0.300. The molecule has 0 unspecified atom stereocenters. The molecule has 1 atom stereocenters. The highest BCUT2D eigenvalue weighted by Gasteiger charge is 2.50. The standard InChI is InChI=1S/C30H36O4Si/c1-24(20-27(21-31)33-23-25-16-18-26(32-5)19-17-25)22-34-35(30(2,3)4,28-12-8-6-9-13-28)29-14-10-7-11-15-29/h6-19,21,27H,1,20,22-23H2,2-5H3/t27-/m0/s1. The van der Waals surface area contributed by atoms with Gasteiger partial charge in [-0.2, -0.15) is 0 Å². The van der Waals surface area contributed by atoms with Crippen LogP contribution in [0.4, 0.5) is 0 Å². The first kappa shape index (κ1) is 26.6. The van der Waals surface area contributed by atoms with Crippen molar-refractivity contribution in [3.8, 4) is 5.75 Å². The van der Waals surface area contributed by atoms with Gasteiger partial charge in [-0.25, -0.2) is 0 Å². The Kier molecular flexibility index (Phi) is 9.21. The maximum Gasteiger partial charge on any atom is 0.261 e. The van der Waals surface area contributed by atoms with E-state index in [1.165, 1.54) is 10.4 Å². The van der Waals surface area contributed by atoms with Gasteiger partial charge in [-0.1, -0.05) is 106 Å². The molecular formula is C30H36O4Si. The summed E-state index contributed by atoms with van der Waals surface area (Å²) in [4.78, 5) is 11.7. The smallest absolute Gasteiger partial charge is 0.261 e. The first-order valence-electron chi connectivity index (χ1n) is 11.9. The van der Waals surface area contributed by atoms with Gasteiger partial charge in [0.1, 0.15) is 18.1 Å². The van der Waals surface area contributed by atoms with Gasteiger partial charge in [0, 0.05) is 6.42 Å². The van der Waals surface area contributed by atoms with Gasteiger partial charge < -0.3 is 18.7 Å². The Labute approximate surface area is 210 Å². The van der Waals surface area contributed by atoms with Crippen LogP contribution in [0.25, 0.3) is 0 Å². The number of carbonyl (C=O) groups is 1. The minimum Gasteiger partial charge on any atom is -0.497 e. The molecule has 0 aromatic heterocycles. The molecule has 184 valence electrons. The summed E-state index contributed by atoms with van der Waals surface area (Å²) in [6, 6.07) is 28.6. The molecule has 5 heteroatoms. The number of methoxy groups -OCH3 is 1. The summed E-state index contributed by atoms with van der Waals surface area (Å²) in [6.07, 6.45) is 0.683. The van der Waals surface area contributed by atoms with Crippen LogP contribution in [0.1, 0.15) is 32.8 Å². The van der Waals surface area contributed by atoms with E-state index >= 15 is 0 Å². The molecule has 3 rings (SSSR count). The quantitative estimate of drug-likeness (QED) is 0.197. The molecule has 0 spiro atoms. The molecule has 35 heavy (non-hydrogen) atoms. The van der Waals surface area contributed by atoms with E-state index in [0.717, 1.165) is 23.2 Å². The van der Waals surface area contributed by atoms with Crippen LogP contribution in [0.5, 0.6) is 5.75 Å². The molecule has 3 aromatic carbocycles. The Bertz CT molecular complexity index is 1030. The Morgan fingerprint density at radius 1 is 0.914 bits per heavy atom. The van der Waals surface area contributed by atoms with Crippen molar-refractivity contribution in [1.82, 2.24) is 0 Å². The van der Waals surface area contributed by atoms with E-state index in [9.17, 15) is 4.79 Å². The molecule has 0 bridgehead atoms. The minimum atomic E-state index is -2.66. The fourth-order valence-electron chi connectivity index (χ4n) is 4.39. The summed E-state index contributed by atoms with van der Waals surface area (Å²) >= 11 is 0. The first-order valence-corrected chi connectivity index (χ1v) is 13.8. The average Bonchev–Trinajstić information content (AvgIpc) is 2.87. The molecule has 0 heterocycles. The Balaban J connectivity index is 1.74. The first-order chi connectivity index (χ1) is 16.8. The lowest BCUT2D eigenvalue weighted by Gasteiger charge is -2.43. The molecule has 0 fully saturated rings. The van der Waals surface area contributed by atoms with Crippen molar-refractivity contribution in [3.63, 3.8) is 0 Å². The Hall–Kier alpha value is -2.99. The summed E-state index contributed by atoms with van der Waals surface area (Å²) < 4.78 is 18.0. The van der Waals surface area contributed by atoms with Crippen molar-refractivity contribution >= 4 is 25.0 Å². The number of hydrogen-bond donors (Lipinski definition) is 0. The van der Waals surface area contributed by atoms with Gasteiger partial charge in [0.05, 0.1) is 20.3 Å². The average molecular weight is 489 g/mol. The van der Waals surface area contributed by atoms with Crippen molar-refractivity contribution in [3.05, 3.63) is 103 Å². The topological polar surface area (TPSA) is 44.8 Å². The van der Waals surface area contributed by atoms with Crippen LogP contribution in [-0.2, 0) is 20.6 Å². The van der Waals surface area contributed by atoms with E-state index in [1.807, 2.05) is 36.4 Å². The zero-order valence-corrected chi connectivity index (χ0v) is 22.2. The van der Waals surface area contributed by atoms with E-state index < -0.39 is 14.4 Å². The summed E-state index contributed by atoms with van der Waals surface area (Å²) in [5.74, 6) is 0.787. The van der Waals surface area contributed by atoms with Gasteiger partial charge in [0.15, 0.2) is 0 Å². The monoisotopic (exact) mass is 488 g/mol. The zero-order chi connectivity index (χ0) is 25.3. The minimum absolute atomic E-state index is 0.120. The van der Waals surface area contributed by atoms with Gasteiger partial charge in [0.2, 0.25) is 0 Å². The van der Waals surface area contributed by atoms with Crippen LogP contribution in [0, 0.1) is 0 Å². The largest absolute Gasteiger partial charge is 0.497 e. The van der Waals surface area contributed by atoms with Gasteiger partial charge in [-0.15, -0.1) is 0 Å². The molecule has 0 aliphatic carbocycles. The predicted octanol–water partition coefficient (Wildman–Crippen LogP) is 5.30. The fourth-order valence-corrected chi connectivity index (χ4v) is 8.96. The van der Waals surface area contributed by atoms with Crippen molar-refractivity contribution in [2.45, 2.75) is 44.9 Å². The molecule has 3 aromatic rings. The third-order valence-corrected chi connectivity index (χ3v) is 11.2. The van der Waals surface area contributed by atoms with E-state index in [0.29, 0.717) is 19.6 Å². The highest BCUT2D eigenvalue weighted by atomic mass is 28.4. The van der Waals surface area contributed by atoms with Crippen molar-refractivity contribution in [1.29, 1.82) is 0 Å². The van der Waals surface area contributed by atoms with E-state index in [2.05, 4.69) is 75.9 Å². The molecule has 0 aliphatic heterocycles. The SMILES string of the molecule is C=C(CO[Si](c1ccccc1)(c1ccccc1)C(C)(C)C)C[C@@H](C=O)OCc1ccc(OC)cc1. The van der Waals surface area contributed by atoms with Crippen LogP contribution in [0.3, 0.4) is 0 Å². The lowest BCUT2D eigenvalue weighted by Crippen LogP contribution is -2.66. The predicted molar refractivity (Wildman–Crippen MR) is 145 cm³/mol. The summed E-state index contributed by atoms with van der Waals surface area (Å²) in [7, 11) is -1.02. The molecule has 0 N–H and O–H groups in total. The lowest BCUT2D eigenvalue weighted by atomic mass is 10.1. The molecule has 0 aliphatic rings. The van der Waals surface area contributed by atoms with Crippen LogP contribution >= 0.6 is 0 Å². The summed E-state index contributed by atoms with van der Waals surface area (Å²) in [5.41, 5.74) is 1.82. The van der Waals surface area contributed by atoms with E-state index in [4.69, 9.17) is 13.9 Å². The van der Waals surface area contributed by atoms with Gasteiger partial charge in [-0.3, -0.25) is 0 Å². The number of benzene rings is 3. The molecule has 4 nitrogen and oxygen atoms in total. The molecule has 0 radical (unpaired) electrons. The number of aldehydes is 1. The zero-order valence-electron chi connectivity index (χ0n) is 21.2. The number of ether oxygens (including phenoxy) is 2. The molecular weight excluding hydrogens is 452 g/mol. The van der Waals surface area contributed by atoms with Crippen LogP contribution in [-0.4, -0.2) is 34.4 Å². The highest BCUT2D eigenvalue weighted by Crippen LogP contribution is 2.37. The maximum absolute atomic E-state index is 11.7. The van der Waals surface area contributed by atoms with Crippen molar-refractivity contribution in [2.75, 3.05) is 13.7 Å². The third kappa shape index (κ3) is 6.57. The van der Waals surface area contributed by atoms with Gasteiger partial charge >= 0.3 is 0 Å². The second kappa shape index (κ2) is 12.1. The van der Waals surface area contributed by atoms with Crippen LogP contribution < -0.4 is 15.1 Å². The Morgan fingerprint density at radius 2 is 1.46 bits per heavy atom. The number of carbonyl (C=O) groups excluding carboxylic acids is 1. The molecule has 0 saturated heterocycles.